The number of carbonyl (C=O) groups excluding carboxylic acids is 1. The second kappa shape index (κ2) is 8.33. The summed E-state index contributed by atoms with van der Waals surface area (Å²) in [5, 5.41) is 7.74. The molecule has 2 atom stereocenters. The molecule has 3 aromatic rings. The monoisotopic (exact) mass is 479 g/mol. The number of halogens is 4. The molecule has 0 spiro atoms. The van der Waals surface area contributed by atoms with Gasteiger partial charge in [-0.1, -0.05) is 11.6 Å². The molecule has 1 amide bonds. The lowest BCUT2D eigenvalue weighted by molar-refractivity contribution is -0.174. The first-order chi connectivity index (χ1) is 15.8. The van der Waals surface area contributed by atoms with Crippen molar-refractivity contribution in [3.8, 4) is 0 Å². The number of nitrogens with one attached hydrogen (secondary N) is 1. The van der Waals surface area contributed by atoms with Crippen LogP contribution in [0.4, 0.5) is 24.7 Å². The fraction of sp³-hybridized carbons (Fsp3) is 0.364. The summed E-state index contributed by atoms with van der Waals surface area (Å²) in [6, 6.07) is 9.58. The summed E-state index contributed by atoms with van der Waals surface area (Å²) in [6.07, 6.45) is -3.37. The van der Waals surface area contributed by atoms with Crippen LogP contribution < -0.4 is 10.2 Å². The van der Waals surface area contributed by atoms with E-state index < -0.39 is 18.3 Å². The fourth-order valence-corrected chi connectivity index (χ4v) is 4.46. The Morgan fingerprint density at radius 1 is 1.12 bits per heavy atom. The molecule has 7 nitrogen and oxygen atoms in total. The summed E-state index contributed by atoms with van der Waals surface area (Å²) >= 11 is 5.94. The van der Waals surface area contributed by atoms with Gasteiger partial charge >= 0.3 is 6.18 Å². The highest BCUT2D eigenvalue weighted by molar-refractivity contribution is 6.30. The van der Waals surface area contributed by atoms with Crippen molar-refractivity contribution in [3.05, 3.63) is 65.2 Å². The van der Waals surface area contributed by atoms with E-state index in [-0.39, 0.29) is 23.8 Å². The lowest BCUT2D eigenvalue weighted by atomic mass is 10.0. The number of carbonyl (C=O) groups is 1. The Morgan fingerprint density at radius 3 is 2.48 bits per heavy atom. The zero-order valence-corrected chi connectivity index (χ0v) is 18.2. The smallest absolute Gasteiger partial charge is 0.410 e. The van der Waals surface area contributed by atoms with Crippen LogP contribution in [0.15, 0.2) is 53.1 Å². The van der Waals surface area contributed by atoms with Gasteiger partial charge in [-0.3, -0.25) is 4.79 Å². The topological polar surface area (TPSA) is 66.5 Å². The van der Waals surface area contributed by atoms with E-state index in [1.54, 1.807) is 17.0 Å². The predicted octanol–water partition coefficient (Wildman–Crippen LogP) is 4.75. The molecular weight excluding hydrogens is 459 g/mol. The van der Waals surface area contributed by atoms with Crippen molar-refractivity contribution < 1.29 is 22.4 Å². The van der Waals surface area contributed by atoms with Crippen molar-refractivity contribution in [3.63, 3.8) is 0 Å². The van der Waals surface area contributed by atoms with E-state index in [0.29, 0.717) is 37.0 Å². The van der Waals surface area contributed by atoms with Crippen molar-refractivity contribution in [2.24, 2.45) is 0 Å². The first-order valence-electron chi connectivity index (χ1n) is 10.6. The number of anilines is 2. The zero-order valence-electron chi connectivity index (χ0n) is 17.4. The Bertz CT molecular complexity index is 1120. The van der Waals surface area contributed by atoms with E-state index in [1.165, 1.54) is 12.3 Å². The van der Waals surface area contributed by atoms with E-state index in [2.05, 4.69) is 15.3 Å². The first-order valence-corrected chi connectivity index (χ1v) is 10.9. The van der Waals surface area contributed by atoms with Gasteiger partial charge in [0.15, 0.2) is 11.7 Å². The highest BCUT2D eigenvalue weighted by Gasteiger charge is 2.47. The van der Waals surface area contributed by atoms with Crippen molar-refractivity contribution in [1.29, 1.82) is 0 Å². The van der Waals surface area contributed by atoms with Crippen LogP contribution in [0.1, 0.15) is 34.8 Å². The summed E-state index contributed by atoms with van der Waals surface area (Å²) < 4.78 is 47.6. The van der Waals surface area contributed by atoms with Crippen LogP contribution in [-0.2, 0) is 0 Å². The van der Waals surface area contributed by atoms with Gasteiger partial charge in [-0.25, -0.2) is 4.68 Å². The third-order valence-electron chi connectivity index (χ3n) is 6.05. The maximum atomic E-state index is 13.8. The third-order valence-corrected chi connectivity index (χ3v) is 6.31. The SMILES string of the molecule is O=C(c1cc2n(n1)C(C(F)(F)F)CC(c1ccco1)N2)N1CCN(c2ccc(Cl)cc2)CC1. The number of alkyl halides is 3. The highest BCUT2D eigenvalue weighted by atomic mass is 35.5. The molecule has 1 aromatic carbocycles. The van der Waals surface area contributed by atoms with Crippen LogP contribution in [-0.4, -0.2) is 52.9 Å². The lowest BCUT2D eigenvalue weighted by Gasteiger charge is -2.35. The molecule has 5 rings (SSSR count). The largest absolute Gasteiger partial charge is 0.467 e. The number of hydrogen-bond acceptors (Lipinski definition) is 5. The quantitative estimate of drug-likeness (QED) is 0.587. The molecule has 1 N–H and O–H groups in total. The fourth-order valence-electron chi connectivity index (χ4n) is 4.34. The van der Waals surface area contributed by atoms with E-state index in [9.17, 15) is 18.0 Å². The number of nitrogens with zero attached hydrogens (tertiary/aromatic N) is 4. The normalized spacial score (nSPS) is 21.0. The third kappa shape index (κ3) is 4.27. The Hall–Kier alpha value is -3.14. The molecule has 2 unspecified atom stereocenters. The van der Waals surface area contributed by atoms with Crippen molar-refractivity contribution in [2.45, 2.75) is 24.7 Å². The molecule has 2 aliphatic rings. The second-order valence-corrected chi connectivity index (χ2v) is 8.56. The minimum Gasteiger partial charge on any atom is -0.467 e. The summed E-state index contributed by atoms with van der Waals surface area (Å²) in [7, 11) is 0. The standard InChI is InChI=1S/C22H21ClF3N5O2/c23-14-3-5-15(6-4-14)29-7-9-30(10-8-29)21(32)17-13-20-27-16(18-2-1-11-33-18)12-19(22(24,25)26)31(20)28-17/h1-6,11,13,16,19,27H,7-10,12H2. The molecule has 4 heterocycles. The van der Waals surface area contributed by atoms with Crippen LogP contribution in [0.5, 0.6) is 0 Å². The van der Waals surface area contributed by atoms with Gasteiger partial charge in [0, 0.05) is 49.4 Å². The van der Waals surface area contributed by atoms with Gasteiger partial charge in [-0.05, 0) is 36.4 Å². The predicted molar refractivity (Wildman–Crippen MR) is 117 cm³/mol. The van der Waals surface area contributed by atoms with Crippen LogP contribution in [0.3, 0.4) is 0 Å². The molecular formula is C22H21ClF3N5O2. The number of aromatic nitrogens is 2. The number of fused-ring (bicyclic) bond motifs is 1. The number of hydrogen-bond donors (Lipinski definition) is 1. The minimum absolute atomic E-state index is 0.00760. The Labute approximate surface area is 192 Å². The van der Waals surface area contributed by atoms with E-state index in [4.69, 9.17) is 16.0 Å². The van der Waals surface area contributed by atoms with E-state index in [0.717, 1.165) is 10.4 Å². The van der Waals surface area contributed by atoms with Gasteiger partial charge in [0.1, 0.15) is 11.6 Å². The van der Waals surface area contributed by atoms with Crippen LogP contribution in [0.25, 0.3) is 0 Å². The summed E-state index contributed by atoms with van der Waals surface area (Å²) in [6.45, 7) is 2.08. The lowest BCUT2D eigenvalue weighted by Crippen LogP contribution is -2.49. The molecule has 174 valence electrons. The number of rotatable bonds is 3. The number of benzene rings is 1. The first kappa shape index (κ1) is 21.7. The van der Waals surface area contributed by atoms with Gasteiger partial charge in [-0.2, -0.15) is 18.3 Å². The summed E-state index contributed by atoms with van der Waals surface area (Å²) in [5.41, 5.74) is 0.997. The molecule has 0 radical (unpaired) electrons. The van der Waals surface area contributed by atoms with Crippen LogP contribution in [0.2, 0.25) is 5.02 Å². The van der Waals surface area contributed by atoms with Crippen LogP contribution >= 0.6 is 11.6 Å². The molecule has 33 heavy (non-hydrogen) atoms. The number of furan rings is 1. The molecule has 2 aliphatic heterocycles. The molecule has 0 saturated carbocycles. The van der Waals surface area contributed by atoms with Crippen molar-refractivity contribution >= 4 is 29.0 Å². The van der Waals surface area contributed by atoms with Crippen molar-refractivity contribution in [1.82, 2.24) is 14.7 Å². The average Bonchev–Trinajstić information content (AvgIpc) is 3.48. The maximum Gasteiger partial charge on any atom is 0.410 e. The molecule has 0 bridgehead atoms. The number of piperazine rings is 1. The van der Waals surface area contributed by atoms with Gasteiger partial charge in [0.2, 0.25) is 0 Å². The van der Waals surface area contributed by atoms with Gasteiger partial charge in [-0.15, -0.1) is 0 Å². The molecule has 1 fully saturated rings. The summed E-state index contributed by atoms with van der Waals surface area (Å²) in [4.78, 5) is 16.8. The van der Waals surface area contributed by atoms with Gasteiger partial charge in [0.25, 0.3) is 5.91 Å². The number of amides is 1. The van der Waals surface area contributed by atoms with E-state index >= 15 is 0 Å². The van der Waals surface area contributed by atoms with E-state index in [1.807, 2.05) is 24.3 Å². The zero-order chi connectivity index (χ0) is 23.2. The second-order valence-electron chi connectivity index (χ2n) is 8.12. The molecule has 11 heteroatoms. The molecule has 1 saturated heterocycles. The Kier molecular flexibility index (Phi) is 5.48. The van der Waals surface area contributed by atoms with Gasteiger partial charge in [0.05, 0.1) is 12.3 Å². The summed E-state index contributed by atoms with van der Waals surface area (Å²) in [5.74, 6) is 0.168. The highest BCUT2D eigenvalue weighted by Crippen LogP contribution is 2.43. The Balaban J connectivity index is 1.33. The van der Waals surface area contributed by atoms with Crippen LogP contribution in [0, 0.1) is 0 Å². The van der Waals surface area contributed by atoms with Crippen molar-refractivity contribution in [2.75, 3.05) is 36.4 Å². The Morgan fingerprint density at radius 2 is 1.85 bits per heavy atom. The average molecular weight is 480 g/mol. The minimum atomic E-state index is -4.52. The van der Waals surface area contributed by atoms with Gasteiger partial charge < -0.3 is 19.5 Å². The maximum absolute atomic E-state index is 13.8. The molecule has 0 aliphatic carbocycles. The molecule has 2 aromatic heterocycles.